The van der Waals surface area contributed by atoms with E-state index in [1.165, 1.54) is 43.6 Å². The van der Waals surface area contributed by atoms with Crippen LogP contribution in [0.15, 0.2) is 54.6 Å². The van der Waals surface area contributed by atoms with Crippen LogP contribution in [-0.2, 0) is 16.0 Å². The Morgan fingerprint density at radius 1 is 1.00 bits per heavy atom. The molecule has 4 heteroatoms. The van der Waals surface area contributed by atoms with Gasteiger partial charge in [0, 0.05) is 24.7 Å². The molecule has 0 heterocycles. The highest BCUT2D eigenvalue weighted by molar-refractivity contribution is 5.90. The molecule has 4 rings (SSSR count). The van der Waals surface area contributed by atoms with Crippen molar-refractivity contribution in [2.45, 2.75) is 38.5 Å². The Kier molecular flexibility index (Phi) is 6.76. The first-order chi connectivity index (χ1) is 15.2. The summed E-state index contributed by atoms with van der Waals surface area (Å²) in [5, 5.41) is 5.59. The van der Waals surface area contributed by atoms with Gasteiger partial charge in [-0.05, 0) is 77.4 Å². The number of hydrogen-bond acceptors (Lipinski definition) is 4. The van der Waals surface area contributed by atoms with E-state index in [-0.39, 0.29) is 5.97 Å². The van der Waals surface area contributed by atoms with Crippen LogP contribution in [0.4, 0.5) is 5.69 Å². The van der Waals surface area contributed by atoms with E-state index >= 15 is 0 Å². The Morgan fingerprint density at radius 2 is 1.77 bits per heavy atom. The summed E-state index contributed by atoms with van der Waals surface area (Å²) in [6.45, 7) is 0.771. The lowest BCUT2D eigenvalue weighted by atomic mass is 9.97. The van der Waals surface area contributed by atoms with Crippen molar-refractivity contribution in [2.75, 3.05) is 26.1 Å². The monoisotopic (exact) mass is 417 g/mol. The van der Waals surface area contributed by atoms with Gasteiger partial charge in [0.15, 0.2) is 0 Å². The number of ether oxygens (including phenoxy) is 2. The topological polar surface area (TPSA) is 47.6 Å². The fourth-order valence-electron chi connectivity index (χ4n) is 4.39. The van der Waals surface area contributed by atoms with Crippen LogP contribution in [0.5, 0.6) is 5.75 Å². The summed E-state index contributed by atoms with van der Waals surface area (Å²) in [4.78, 5) is 11.6. The molecule has 0 aromatic heterocycles. The minimum Gasteiger partial charge on any atom is -0.493 e. The Hall–Kier alpha value is -3.01. The first kappa shape index (κ1) is 21.2. The van der Waals surface area contributed by atoms with Crippen LogP contribution in [-0.4, -0.2) is 26.7 Å². The molecule has 0 spiro atoms. The highest BCUT2D eigenvalue weighted by atomic mass is 16.5. The molecule has 0 radical (unpaired) electrons. The Balaban J connectivity index is 1.65. The second kappa shape index (κ2) is 9.86. The number of esters is 1. The molecule has 31 heavy (non-hydrogen) atoms. The van der Waals surface area contributed by atoms with Gasteiger partial charge in [-0.3, -0.25) is 4.79 Å². The predicted octanol–water partition coefficient (Wildman–Crippen LogP) is 6.22. The standard InChI is InChI=1S/C27H31NO3/c1-28-24-12-11-21-16-23(10-9-22(21)17-24)25-15-19(8-14-27(29)30-2)7-13-26(25)31-18-20-5-3-4-6-20/h7,9-13,15-17,20,28H,3-6,8,14,18H2,1-2H3. The number of methoxy groups -OCH3 is 1. The first-order valence-electron chi connectivity index (χ1n) is 11.2. The number of carbonyl (C=O) groups is 1. The molecule has 1 fully saturated rings. The summed E-state index contributed by atoms with van der Waals surface area (Å²) >= 11 is 0. The van der Waals surface area contributed by atoms with Gasteiger partial charge in [-0.1, -0.05) is 37.1 Å². The average molecular weight is 418 g/mol. The van der Waals surface area contributed by atoms with E-state index in [2.05, 4.69) is 59.9 Å². The van der Waals surface area contributed by atoms with E-state index in [0.29, 0.717) is 18.8 Å². The summed E-state index contributed by atoms with van der Waals surface area (Å²) < 4.78 is 11.1. The van der Waals surface area contributed by atoms with Gasteiger partial charge in [0.2, 0.25) is 0 Å². The maximum atomic E-state index is 11.6. The molecule has 0 amide bonds. The molecular weight excluding hydrogens is 386 g/mol. The zero-order chi connectivity index (χ0) is 21.6. The zero-order valence-electron chi connectivity index (χ0n) is 18.4. The fourth-order valence-corrected chi connectivity index (χ4v) is 4.39. The molecule has 1 aliphatic carbocycles. The highest BCUT2D eigenvalue weighted by Gasteiger charge is 2.17. The summed E-state index contributed by atoms with van der Waals surface area (Å²) in [5.41, 5.74) is 4.43. The van der Waals surface area contributed by atoms with Crippen molar-refractivity contribution in [1.29, 1.82) is 0 Å². The van der Waals surface area contributed by atoms with Crippen LogP contribution in [0.25, 0.3) is 21.9 Å². The molecule has 0 atom stereocenters. The van der Waals surface area contributed by atoms with Crippen molar-refractivity contribution in [3.8, 4) is 16.9 Å². The smallest absolute Gasteiger partial charge is 0.305 e. The normalized spacial score (nSPS) is 14.0. The van der Waals surface area contributed by atoms with Crippen molar-refractivity contribution in [1.82, 2.24) is 0 Å². The Bertz CT molecular complexity index is 1050. The lowest BCUT2D eigenvalue weighted by Crippen LogP contribution is -2.09. The van der Waals surface area contributed by atoms with Gasteiger partial charge in [0.05, 0.1) is 13.7 Å². The van der Waals surface area contributed by atoms with E-state index in [0.717, 1.165) is 34.7 Å². The molecule has 3 aromatic rings. The largest absolute Gasteiger partial charge is 0.493 e. The van der Waals surface area contributed by atoms with Gasteiger partial charge < -0.3 is 14.8 Å². The number of rotatable bonds is 8. The molecule has 0 unspecified atom stereocenters. The van der Waals surface area contributed by atoms with E-state index in [1.807, 2.05) is 7.05 Å². The molecule has 4 nitrogen and oxygen atoms in total. The van der Waals surface area contributed by atoms with Crippen molar-refractivity contribution in [3.05, 3.63) is 60.2 Å². The molecule has 162 valence electrons. The average Bonchev–Trinajstić information content (AvgIpc) is 3.34. The van der Waals surface area contributed by atoms with Gasteiger partial charge in [0.1, 0.15) is 5.75 Å². The summed E-state index contributed by atoms with van der Waals surface area (Å²) in [6, 6.07) is 19.2. The number of nitrogens with one attached hydrogen (secondary N) is 1. The van der Waals surface area contributed by atoms with Crippen LogP contribution in [0, 0.1) is 5.92 Å². The third-order valence-electron chi connectivity index (χ3n) is 6.28. The number of fused-ring (bicyclic) bond motifs is 1. The lowest BCUT2D eigenvalue weighted by molar-refractivity contribution is -0.140. The minimum atomic E-state index is -0.186. The predicted molar refractivity (Wildman–Crippen MR) is 127 cm³/mol. The van der Waals surface area contributed by atoms with Crippen molar-refractivity contribution >= 4 is 22.4 Å². The molecule has 0 saturated heterocycles. The third kappa shape index (κ3) is 5.19. The SMILES string of the molecule is CNc1ccc2cc(-c3cc(CCC(=O)OC)ccc3OCC3CCCC3)ccc2c1. The van der Waals surface area contributed by atoms with Gasteiger partial charge in [0.25, 0.3) is 0 Å². The number of benzene rings is 3. The van der Waals surface area contributed by atoms with Crippen LogP contribution >= 0.6 is 0 Å². The molecule has 1 N–H and O–H groups in total. The number of anilines is 1. The minimum absolute atomic E-state index is 0.186. The van der Waals surface area contributed by atoms with Crippen LogP contribution < -0.4 is 10.1 Å². The second-order valence-electron chi connectivity index (χ2n) is 8.39. The Morgan fingerprint density at radius 3 is 2.55 bits per heavy atom. The number of hydrogen-bond donors (Lipinski definition) is 1. The summed E-state index contributed by atoms with van der Waals surface area (Å²) in [6.07, 6.45) is 6.18. The van der Waals surface area contributed by atoms with Crippen molar-refractivity contribution in [2.24, 2.45) is 5.92 Å². The second-order valence-corrected chi connectivity index (χ2v) is 8.39. The third-order valence-corrected chi connectivity index (χ3v) is 6.28. The van der Waals surface area contributed by atoms with E-state index in [1.54, 1.807) is 0 Å². The Labute approximate surface area is 184 Å². The van der Waals surface area contributed by atoms with Crippen LogP contribution in [0.2, 0.25) is 0 Å². The highest BCUT2D eigenvalue weighted by Crippen LogP contribution is 2.35. The molecular formula is C27H31NO3. The van der Waals surface area contributed by atoms with Crippen molar-refractivity contribution < 1.29 is 14.3 Å². The molecule has 3 aromatic carbocycles. The molecule has 0 bridgehead atoms. The van der Waals surface area contributed by atoms with Gasteiger partial charge >= 0.3 is 5.97 Å². The maximum Gasteiger partial charge on any atom is 0.305 e. The van der Waals surface area contributed by atoms with Crippen LogP contribution in [0.3, 0.4) is 0 Å². The number of aryl methyl sites for hydroxylation is 1. The van der Waals surface area contributed by atoms with Gasteiger partial charge in [-0.2, -0.15) is 0 Å². The lowest BCUT2D eigenvalue weighted by Gasteiger charge is -2.17. The van der Waals surface area contributed by atoms with E-state index in [4.69, 9.17) is 9.47 Å². The van der Waals surface area contributed by atoms with E-state index in [9.17, 15) is 4.79 Å². The summed E-state index contributed by atoms with van der Waals surface area (Å²) in [5.74, 6) is 1.39. The molecule has 1 aliphatic rings. The van der Waals surface area contributed by atoms with Crippen LogP contribution in [0.1, 0.15) is 37.7 Å². The maximum absolute atomic E-state index is 11.6. The summed E-state index contributed by atoms with van der Waals surface area (Å²) in [7, 11) is 3.37. The van der Waals surface area contributed by atoms with E-state index < -0.39 is 0 Å². The fraction of sp³-hybridized carbons (Fsp3) is 0.370. The first-order valence-corrected chi connectivity index (χ1v) is 11.2. The van der Waals surface area contributed by atoms with Gasteiger partial charge in [-0.15, -0.1) is 0 Å². The molecule has 0 aliphatic heterocycles. The van der Waals surface area contributed by atoms with Crippen molar-refractivity contribution in [3.63, 3.8) is 0 Å². The number of carbonyl (C=O) groups excluding carboxylic acids is 1. The zero-order valence-corrected chi connectivity index (χ0v) is 18.4. The quantitative estimate of drug-likeness (QED) is 0.442. The molecule has 1 saturated carbocycles. The van der Waals surface area contributed by atoms with Gasteiger partial charge in [-0.25, -0.2) is 0 Å².